The molecule has 0 spiro atoms. The Morgan fingerprint density at radius 1 is 1.00 bits per heavy atom. The van der Waals surface area contributed by atoms with Crippen LogP contribution in [0, 0.1) is 0 Å². The highest BCUT2D eigenvalue weighted by Gasteiger charge is 1.58. The van der Waals surface area contributed by atoms with Gasteiger partial charge in [0, 0.05) is 0 Å². The van der Waals surface area contributed by atoms with Gasteiger partial charge in [-0.3, -0.25) is 0 Å². The van der Waals surface area contributed by atoms with E-state index in [0.717, 1.165) is 0 Å². The Hall–Kier alpha value is -0.300. The topological polar surface area (TPSA) is 0 Å². The zero-order valence-electron chi connectivity index (χ0n) is 4.72. The average Bonchev–Trinajstić information content (AvgIpc) is 2.23. The van der Waals surface area contributed by atoms with Crippen molar-refractivity contribution in [3.8, 4) is 0 Å². The monoisotopic (exact) mass is 114 g/mol. The minimum atomic E-state index is 1.71. The predicted molar refractivity (Wildman–Crippen MR) is 35.7 cm³/mol. The molecule has 0 saturated carbocycles. The van der Waals surface area contributed by atoms with Crippen LogP contribution < -0.4 is 0 Å². The first-order valence-electron chi connectivity index (χ1n) is 2.47. The van der Waals surface area contributed by atoms with Crippen LogP contribution in [0.1, 0.15) is 13.8 Å². The SMILES string of the molecule is CC.c1ccsc1. The van der Waals surface area contributed by atoms with Gasteiger partial charge in [-0.25, -0.2) is 0 Å². The molecule has 0 bridgehead atoms. The third kappa shape index (κ3) is 3.53. The third-order valence-electron chi connectivity index (χ3n) is 0.425. The first-order valence-corrected chi connectivity index (χ1v) is 3.41. The molecule has 7 heavy (non-hydrogen) atoms. The molecule has 0 aliphatic carbocycles. The lowest BCUT2D eigenvalue weighted by molar-refractivity contribution is 1.50. The van der Waals surface area contributed by atoms with E-state index in [1.54, 1.807) is 11.3 Å². The number of hydrogen-bond acceptors (Lipinski definition) is 1. The molecule has 0 aromatic carbocycles. The van der Waals surface area contributed by atoms with Gasteiger partial charge in [-0.15, -0.1) is 0 Å². The third-order valence-corrected chi connectivity index (χ3v) is 1.05. The Labute approximate surface area is 48.8 Å². The Morgan fingerprint density at radius 3 is 1.57 bits per heavy atom. The maximum atomic E-state index is 2.04. The van der Waals surface area contributed by atoms with Crippen molar-refractivity contribution in [3.05, 3.63) is 22.9 Å². The molecular formula is C6H10S. The fourth-order valence-electron chi connectivity index (χ4n) is 0.227. The Balaban J connectivity index is 0.000000162. The van der Waals surface area contributed by atoms with E-state index < -0.39 is 0 Å². The molecule has 1 aromatic heterocycles. The summed E-state index contributed by atoms with van der Waals surface area (Å²) in [5.41, 5.74) is 0. The van der Waals surface area contributed by atoms with Gasteiger partial charge >= 0.3 is 0 Å². The van der Waals surface area contributed by atoms with Gasteiger partial charge in [0.05, 0.1) is 0 Å². The molecule has 40 valence electrons. The molecule has 0 atom stereocenters. The summed E-state index contributed by atoms with van der Waals surface area (Å²) in [6.07, 6.45) is 0. The van der Waals surface area contributed by atoms with Gasteiger partial charge in [0.25, 0.3) is 0 Å². The highest BCUT2D eigenvalue weighted by atomic mass is 32.1. The van der Waals surface area contributed by atoms with Crippen LogP contribution in [0.3, 0.4) is 0 Å². The van der Waals surface area contributed by atoms with Crippen molar-refractivity contribution in [2.24, 2.45) is 0 Å². The highest BCUT2D eigenvalue weighted by molar-refractivity contribution is 7.07. The lowest BCUT2D eigenvalue weighted by atomic mass is 10.7. The molecule has 0 unspecified atom stereocenters. The molecule has 1 rings (SSSR count). The second-order valence-corrected chi connectivity index (χ2v) is 1.61. The molecule has 0 aliphatic heterocycles. The van der Waals surface area contributed by atoms with E-state index in [1.807, 2.05) is 36.7 Å². The maximum absolute atomic E-state index is 2.04. The molecule has 0 N–H and O–H groups in total. The van der Waals surface area contributed by atoms with Gasteiger partial charge in [0.15, 0.2) is 0 Å². The van der Waals surface area contributed by atoms with Crippen LogP contribution in [0.4, 0.5) is 0 Å². The Bertz CT molecular complexity index is 60.7. The zero-order valence-corrected chi connectivity index (χ0v) is 5.53. The first kappa shape index (κ1) is 6.70. The van der Waals surface area contributed by atoms with Crippen LogP contribution in [0.2, 0.25) is 0 Å². The van der Waals surface area contributed by atoms with E-state index in [1.165, 1.54) is 0 Å². The summed E-state index contributed by atoms with van der Waals surface area (Å²) in [6.45, 7) is 4.00. The fourth-order valence-corrected chi connectivity index (χ4v) is 0.680. The highest BCUT2D eigenvalue weighted by Crippen LogP contribution is 1.91. The molecule has 1 heteroatoms. The van der Waals surface area contributed by atoms with Gasteiger partial charge in [-0.1, -0.05) is 26.0 Å². The largest absolute Gasteiger partial charge is 0.152 e. The standard InChI is InChI=1S/C4H4S.C2H6/c1-2-4-5-3-1;1-2/h1-4H;1-2H3. The number of rotatable bonds is 0. The van der Waals surface area contributed by atoms with E-state index in [4.69, 9.17) is 0 Å². The molecule has 0 fully saturated rings. The van der Waals surface area contributed by atoms with Crippen LogP contribution in [-0.2, 0) is 0 Å². The summed E-state index contributed by atoms with van der Waals surface area (Å²) in [5, 5.41) is 4.08. The molecule has 0 saturated heterocycles. The maximum Gasteiger partial charge on any atom is -0.00934 e. The van der Waals surface area contributed by atoms with E-state index >= 15 is 0 Å². The zero-order chi connectivity index (χ0) is 5.54. The minimum Gasteiger partial charge on any atom is -0.152 e. The van der Waals surface area contributed by atoms with Crippen LogP contribution in [0.15, 0.2) is 22.9 Å². The lowest BCUT2D eigenvalue weighted by Crippen LogP contribution is -1.16. The minimum absolute atomic E-state index is 1.71. The lowest BCUT2D eigenvalue weighted by Gasteiger charge is -1.39. The smallest absolute Gasteiger partial charge is 0.00934 e. The van der Waals surface area contributed by atoms with Gasteiger partial charge < -0.3 is 0 Å². The summed E-state index contributed by atoms with van der Waals surface area (Å²) in [4.78, 5) is 0. The average molecular weight is 114 g/mol. The van der Waals surface area contributed by atoms with Crippen molar-refractivity contribution in [3.63, 3.8) is 0 Å². The van der Waals surface area contributed by atoms with E-state index in [0.29, 0.717) is 0 Å². The molecule has 1 heterocycles. The molecule has 1 aromatic rings. The quantitative estimate of drug-likeness (QED) is 0.486. The summed E-state index contributed by atoms with van der Waals surface area (Å²) in [6, 6.07) is 4.04. The Kier molecular flexibility index (Phi) is 5.46. The Morgan fingerprint density at radius 2 is 1.43 bits per heavy atom. The molecular weight excluding hydrogens is 104 g/mol. The summed E-state index contributed by atoms with van der Waals surface area (Å²) >= 11 is 1.71. The molecule has 0 radical (unpaired) electrons. The summed E-state index contributed by atoms with van der Waals surface area (Å²) < 4.78 is 0. The summed E-state index contributed by atoms with van der Waals surface area (Å²) in [7, 11) is 0. The fraction of sp³-hybridized carbons (Fsp3) is 0.333. The van der Waals surface area contributed by atoms with Gasteiger partial charge in [-0.05, 0) is 10.8 Å². The second kappa shape index (κ2) is 5.70. The van der Waals surface area contributed by atoms with Gasteiger partial charge in [-0.2, -0.15) is 11.3 Å². The van der Waals surface area contributed by atoms with Crippen molar-refractivity contribution in [2.45, 2.75) is 13.8 Å². The van der Waals surface area contributed by atoms with Crippen LogP contribution >= 0.6 is 11.3 Å². The van der Waals surface area contributed by atoms with Crippen molar-refractivity contribution in [2.75, 3.05) is 0 Å². The number of thiophene rings is 1. The number of hydrogen-bond donors (Lipinski definition) is 0. The second-order valence-electron chi connectivity index (χ2n) is 0.793. The van der Waals surface area contributed by atoms with E-state index in [2.05, 4.69) is 0 Å². The van der Waals surface area contributed by atoms with Crippen LogP contribution in [0.5, 0.6) is 0 Å². The molecule has 0 amide bonds. The summed E-state index contributed by atoms with van der Waals surface area (Å²) in [5.74, 6) is 0. The van der Waals surface area contributed by atoms with Crippen LogP contribution in [-0.4, -0.2) is 0 Å². The van der Waals surface area contributed by atoms with Gasteiger partial charge in [0.2, 0.25) is 0 Å². The molecule has 0 nitrogen and oxygen atoms in total. The normalized spacial score (nSPS) is 6.57. The van der Waals surface area contributed by atoms with E-state index in [9.17, 15) is 0 Å². The first-order chi connectivity index (χ1) is 3.50. The van der Waals surface area contributed by atoms with E-state index in [-0.39, 0.29) is 0 Å². The van der Waals surface area contributed by atoms with Gasteiger partial charge in [0.1, 0.15) is 0 Å². The van der Waals surface area contributed by atoms with Crippen molar-refractivity contribution >= 4 is 11.3 Å². The van der Waals surface area contributed by atoms with Crippen LogP contribution in [0.25, 0.3) is 0 Å². The van der Waals surface area contributed by atoms with Crippen molar-refractivity contribution in [1.29, 1.82) is 0 Å². The predicted octanol–water partition coefficient (Wildman–Crippen LogP) is 2.77. The van der Waals surface area contributed by atoms with Crippen molar-refractivity contribution in [1.82, 2.24) is 0 Å². The molecule has 0 aliphatic rings. The van der Waals surface area contributed by atoms with Crippen molar-refractivity contribution < 1.29 is 0 Å².